The first-order chi connectivity index (χ1) is 14.4. The topological polar surface area (TPSA) is 110 Å². The zero-order valence-electron chi connectivity index (χ0n) is 16.4. The number of hydrogen-bond acceptors (Lipinski definition) is 7. The lowest BCUT2D eigenvalue weighted by Gasteiger charge is -2.05. The number of hydrazone groups is 1. The molecule has 0 spiro atoms. The third-order valence-electron chi connectivity index (χ3n) is 4.01. The van der Waals surface area contributed by atoms with Gasteiger partial charge < -0.3 is 0 Å². The van der Waals surface area contributed by atoms with E-state index in [1.54, 1.807) is 24.3 Å². The Bertz CT molecular complexity index is 1080. The second kappa shape index (κ2) is 9.75. The van der Waals surface area contributed by atoms with Crippen LogP contribution in [0, 0.1) is 24.0 Å². The highest BCUT2D eigenvalue weighted by Crippen LogP contribution is 2.20. The van der Waals surface area contributed by atoms with Gasteiger partial charge in [-0.25, -0.2) is 15.4 Å². The monoisotopic (exact) mass is 421 g/mol. The van der Waals surface area contributed by atoms with E-state index in [-0.39, 0.29) is 11.6 Å². The number of aromatic nitrogens is 2. The molecule has 0 fully saturated rings. The number of amides is 1. The van der Waals surface area contributed by atoms with Crippen molar-refractivity contribution in [1.29, 1.82) is 0 Å². The van der Waals surface area contributed by atoms with Crippen molar-refractivity contribution in [2.45, 2.75) is 24.8 Å². The molecule has 2 aromatic carbocycles. The van der Waals surface area contributed by atoms with Gasteiger partial charge in [-0.1, -0.05) is 36.0 Å². The van der Waals surface area contributed by atoms with Gasteiger partial charge >= 0.3 is 0 Å². The number of carbonyl (C=O) groups is 1. The molecule has 0 unspecified atom stereocenters. The molecule has 1 N–H and O–H groups in total. The van der Waals surface area contributed by atoms with Crippen LogP contribution < -0.4 is 5.43 Å². The van der Waals surface area contributed by atoms with E-state index in [0.717, 1.165) is 22.1 Å². The van der Waals surface area contributed by atoms with Gasteiger partial charge in [0.2, 0.25) is 0 Å². The van der Waals surface area contributed by atoms with Crippen LogP contribution in [0.3, 0.4) is 0 Å². The number of hydrogen-bond donors (Lipinski definition) is 1. The lowest BCUT2D eigenvalue weighted by molar-refractivity contribution is -0.384. The van der Waals surface area contributed by atoms with Crippen LogP contribution in [0.2, 0.25) is 0 Å². The maximum absolute atomic E-state index is 12.2. The highest BCUT2D eigenvalue weighted by Gasteiger charge is 2.07. The summed E-state index contributed by atoms with van der Waals surface area (Å²) >= 11 is 1.54. The summed E-state index contributed by atoms with van der Waals surface area (Å²) in [5.74, 6) is 0.323. The molecule has 1 heterocycles. The third kappa shape index (κ3) is 5.95. The van der Waals surface area contributed by atoms with Crippen LogP contribution in [-0.4, -0.2) is 27.0 Å². The summed E-state index contributed by atoms with van der Waals surface area (Å²) in [6.45, 7) is 3.88. The van der Waals surface area contributed by atoms with Crippen molar-refractivity contribution >= 4 is 29.6 Å². The van der Waals surface area contributed by atoms with E-state index in [4.69, 9.17) is 0 Å². The number of nitro groups is 1. The van der Waals surface area contributed by atoms with Gasteiger partial charge in [-0.2, -0.15) is 5.10 Å². The van der Waals surface area contributed by atoms with Gasteiger partial charge in [0, 0.05) is 40.4 Å². The second-order valence-electron chi connectivity index (χ2n) is 6.47. The Hall–Kier alpha value is -3.59. The normalized spacial score (nSPS) is 10.9. The predicted octanol–water partition coefficient (Wildman–Crippen LogP) is 4.06. The Morgan fingerprint density at radius 2 is 1.83 bits per heavy atom. The Kier molecular flexibility index (Phi) is 6.87. The van der Waals surface area contributed by atoms with Crippen molar-refractivity contribution in [3.63, 3.8) is 0 Å². The summed E-state index contributed by atoms with van der Waals surface area (Å²) in [4.78, 5) is 31.3. The molecule has 0 aliphatic rings. The first-order valence-corrected chi connectivity index (χ1v) is 10.0. The summed E-state index contributed by atoms with van der Waals surface area (Å²) in [7, 11) is 0. The maximum atomic E-state index is 12.2. The molecular formula is C21H19N5O3S. The van der Waals surface area contributed by atoms with Gasteiger partial charge in [-0.3, -0.25) is 14.9 Å². The number of nitro benzene ring substituents is 1. The molecule has 30 heavy (non-hydrogen) atoms. The summed E-state index contributed by atoms with van der Waals surface area (Å²) in [6, 6.07) is 15.1. The van der Waals surface area contributed by atoms with Crippen LogP contribution in [-0.2, 0) is 5.75 Å². The SMILES string of the molecule is Cc1cc(C)nc(SCc2ccc(C(=O)N/N=C\c3cccc([N+](=O)[O-])c3)cc2)n1. The van der Waals surface area contributed by atoms with E-state index in [0.29, 0.717) is 16.9 Å². The largest absolute Gasteiger partial charge is 0.271 e. The number of nitrogens with zero attached hydrogens (tertiary/aromatic N) is 4. The molecule has 0 aliphatic heterocycles. The third-order valence-corrected chi connectivity index (χ3v) is 4.93. The Labute approximate surface area is 177 Å². The van der Waals surface area contributed by atoms with Crippen molar-refractivity contribution < 1.29 is 9.72 Å². The molecule has 0 saturated heterocycles. The number of carbonyl (C=O) groups excluding carboxylic acids is 1. The number of rotatable bonds is 7. The van der Waals surface area contributed by atoms with Gasteiger partial charge in [0.25, 0.3) is 11.6 Å². The fourth-order valence-corrected chi connectivity index (χ4v) is 3.51. The number of aryl methyl sites for hydroxylation is 2. The highest BCUT2D eigenvalue weighted by atomic mass is 32.2. The van der Waals surface area contributed by atoms with Crippen molar-refractivity contribution in [1.82, 2.24) is 15.4 Å². The molecule has 0 bridgehead atoms. The molecule has 0 aliphatic carbocycles. The van der Waals surface area contributed by atoms with Crippen LogP contribution in [0.4, 0.5) is 5.69 Å². The average molecular weight is 421 g/mol. The van der Waals surface area contributed by atoms with Crippen LogP contribution in [0.15, 0.2) is 64.9 Å². The summed E-state index contributed by atoms with van der Waals surface area (Å²) < 4.78 is 0. The fraction of sp³-hybridized carbons (Fsp3) is 0.143. The summed E-state index contributed by atoms with van der Waals surface area (Å²) in [5, 5.41) is 15.4. The van der Waals surface area contributed by atoms with Crippen LogP contribution in [0.25, 0.3) is 0 Å². The van der Waals surface area contributed by atoms with Crippen LogP contribution >= 0.6 is 11.8 Å². The second-order valence-corrected chi connectivity index (χ2v) is 7.41. The zero-order chi connectivity index (χ0) is 21.5. The van der Waals surface area contributed by atoms with Crippen molar-refractivity contribution in [3.8, 4) is 0 Å². The van der Waals surface area contributed by atoms with E-state index in [2.05, 4.69) is 20.5 Å². The molecule has 1 aromatic heterocycles. The van der Waals surface area contributed by atoms with Gasteiger partial charge in [0.1, 0.15) is 0 Å². The molecule has 9 heteroatoms. The van der Waals surface area contributed by atoms with E-state index in [1.165, 1.54) is 30.1 Å². The minimum Gasteiger partial charge on any atom is -0.267 e. The first kappa shape index (κ1) is 21.1. The van der Waals surface area contributed by atoms with Gasteiger partial charge in [0.15, 0.2) is 5.16 Å². The lowest BCUT2D eigenvalue weighted by Crippen LogP contribution is -2.17. The maximum Gasteiger partial charge on any atom is 0.271 e. The minimum absolute atomic E-state index is 0.0371. The van der Waals surface area contributed by atoms with E-state index >= 15 is 0 Å². The van der Waals surface area contributed by atoms with E-state index in [1.807, 2.05) is 32.0 Å². The van der Waals surface area contributed by atoms with E-state index in [9.17, 15) is 14.9 Å². The molecule has 0 saturated carbocycles. The Balaban J connectivity index is 1.55. The first-order valence-electron chi connectivity index (χ1n) is 9.02. The zero-order valence-corrected chi connectivity index (χ0v) is 17.2. The molecule has 0 atom stereocenters. The molecule has 3 aromatic rings. The number of thioether (sulfide) groups is 1. The average Bonchev–Trinajstić information content (AvgIpc) is 2.72. The number of nitrogens with one attached hydrogen (secondary N) is 1. The van der Waals surface area contributed by atoms with Crippen LogP contribution in [0.5, 0.6) is 0 Å². The molecule has 8 nitrogen and oxygen atoms in total. The van der Waals surface area contributed by atoms with Gasteiger partial charge in [-0.05, 0) is 37.6 Å². The minimum atomic E-state index is -0.484. The van der Waals surface area contributed by atoms with Crippen LogP contribution in [0.1, 0.15) is 32.9 Å². The lowest BCUT2D eigenvalue weighted by atomic mass is 10.1. The van der Waals surface area contributed by atoms with Crippen molar-refractivity contribution in [2.75, 3.05) is 0 Å². The quantitative estimate of drug-likeness (QED) is 0.202. The molecule has 1 amide bonds. The predicted molar refractivity (Wildman–Crippen MR) is 116 cm³/mol. The molecule has 3 rings (SSSR count). The Morgan fingerprint density at radius 3 is 2.50 bits per heavy atom. The van der Waals surface area contributed by atoms with E-state index < -0.39 is 4.92 Å². The standard InChI is InChI=1S/C21H19N5O3S/c1-14-10-15(2)24-21(23-14)30-13-16-6-8-18(9-7-16)20(27)25-22-12-17-4-3-5-19(11-17)26(28)29/h3-12H,13H2,1-2H3,(H,25,27)/b22-12-. The van der Waals surface area contributed by atoms with Gasteiger partial charge in [0.05, 0.1) is 11.1 Å². The number of non-ortho nitro benzene ring substituents is 1. The molecule has 152 valence electrons. The van der Waals surface area contributed by atoms with Gasteiger partial charge in [-0.15, -0.1) is 0 Å². The molecule has 0 radical (unpaired) electrons. The Morgan fingerprint density at radius 1 is 1.13 bits per heavy atom. The van der Waals surface area contributed by atoms with Crippen molar-refractivity contribution in [2.24, 2.45) is 5.10 Å². The molecular weight excluding hydrogens is 402 g/mol. The summed E-state index contributed by atoms with van der Waals surface area (Å²) in [5.41, 5.74) is 6.27. The summed E-state index contributed by atoms with van der Waals surface area (Å²) in [6.07, 6.45) is 1.36. The van der Waals surface area contributed by atoms with Crippen molar-refractivity contribution in [3.05, 3.63) is 92.8 Å². The highest BCUT2D eigenvalue weighted by molar-refractivity contribution is 7.98. The smallest absolute Gasteiger partial charge is 0.267 e. The number of benzene rings is 2. The fourth-order valence-electron chi connectivity index (χ4n) is 2.61.